The highest BCUT2D eigenvalue weighted by Crippen LogP contribution is 2.31. The highest BCUT2D eigenvalue weighted by molar-refractivity contribution is 6.31. The number of carbonyl (C=O) groups is 1. The summed E-state index contributed by atoms with van der Waals surface area (Å²) in [4.78, 5) is 14.0. The van der Waals surface area contributed by atoms with Gasteiger partial charge in [-0.25, -0.2) is 4.39 Å². The third-order valence-corrected chi connectivity index (χ3v) is 4.38. The lowest BCUT2D eigenvalue weighted by molar-refractivity contribution is -0.121. The first-order valence-electron chi connectivity index (χ1n) is 8.20. The van der Waals surface area contributed by atoms with Crippen molar-refractivity contribution in [1.29, 1.82) is 0 Å². The lowest BCUT2D eigenvalue weighted by atomic mass is 10.0. The molecule has 1 heterocycles. The number of hydrogen-bond donors (Lipinski definition) is 2. The van der Waals surface area contributed by atoms with Crippen LogP contribution in [0.1, 0.15) is 31.9 Å². The maximum atomic E-state index is 14.4. The number of halogens is 2. The summed E-state index contributed by atoms with van der Waals surface area (Å²) in [5.41, 5.74) is 6.06. The van der Waals surface area contributed by atoms with Crippen molar-refractivity contribution in [3.8, 4) is 0 Å². The quantitative estimate of drug-likeness (QED) is 0.818. The van der Waals surface area contributed by atoms with E-state index in [1.165, 1.54) is 6.07 Å². The lowest BCUT2D eigenvalue weighted by Crippen LogP contribution is -2.47. The van der Waals surface area contributed by atoms with Gasteiger partial charge in [0.05, 0.1) is 18.8 Å². The number of nitrogens with two attached hydrogens (primary N) is 1. The summed E-state index contributed by atoms with van der Waals surface area (Å²) in [5.74, 6) is -0.517. The van der Waals surface area contributed by atoms with Crippen LogP contribution in [0.5, 0.6) is 0 Å². The lowest BCUT2D eigenvalue weighted by Gasteiger charge is -2.38. The topological polar surface area (TPSA) is 67.6 Å². The van der Waals surface area contributed by atoms with Crippen molar-refractivity contribution in [1.82, 2.24) is 10.2 Å². The predicted molar refractivity (Wildman–Crippen MR) is 92.4 cm³/mol. The molecule has 3 N–H and O–H groups in total. The summed E-state index contributed by atoms with van der Waals surface area (Å²) < 4.78 is 20.0. The van der Waals surface area contributed by atoms with E-state index in [-0.39, 0.29) is 42.9 Å². The van der Waals surface area contributed by atoms with Crippen LogP contribution in [0, 0.1) is 5.82 Å². The number of rotatable bonds is 6. The number of ether oxygens (including phenoxy) is 1. The van der Waals surface area contributed by atoms with Gasteiger partial charge in [-0.2, -0.15) is 0 Å². The van der Waals surface area contributed by atoms with Crippen LogP contribution in [0.15, 0.2) is 18.2 Å². The van der Waals surface area contributed by atoms with E-state index in [1.807, 2.05) is 6.92 Å². The highest BCUT2D eigenvalue weighted by Gasteiger charge is 2.29. The van der Waals surface area contributed by atoms with Crippen molar-refractivity contribution in [2.24, 2.45) is 5.73 Å². The zero-order valence-electron chi connectivity index (χ0n) is 14.1. The molecule has 3 unspecified atom stereocenters. The third-order valence-electron chi connectivity index (χ3n) is 4.05. The van der Waals surface area contributed by atoms with Gasteiger partial charge in [0.25, 0.3) is 0 Å². The molecule has 0 radical (unpaired) electrons. The number of carbonyl (C=O) groups excluding carboxylic acids is 1. The van der Waals surface area contributed by atoms with Crippen molar-refractivity contribution in [3.05, 3.63) is 34.6 Å². The molecule has 0 bridgehead atoms. The molecule has 0 aromatic heterocycles. The monoisotopic (exact) mass is 357 g/mol. The molecular weight excluding hydrogens is 333 g/mol. The Hall–Kier alpha value is -1.21. The number of benzene rings is 1. The van der Waals surface area contributed by atoms with Gasteiger partial charge in [0.15, 0.2) is 0 Å². The SMILES string of the molecule is CC(N)CC(=O)NCC(c1c(F)cccc1Cl)N1CCOC(C)C1. The van der Waals surface area contributed by atoms with E-state index in [0.717, 1.165) is 0 Å². The first-order valence-corrected chi connectivity index (χ1v) is 8.58. The normalized spacial score (nSPS) is 21.3. The van der Waals surface area contributed by atoms with Crippen LogP contribution < -0.4 is 11.1 Å². The van der Waals surface area contributed by atoms with Crippen LogP contribution in [0.25, 0.3) is 0 Å². The van der Waals surface area contributed by atoms with E-state index < -0.39 is 0 Å². The minimum absolute atomic E-state index is 0.0477. The zero-order chi connectivity index (χ0) is 17.7. The van der Waals surface area contributed by atoms with E-state index >= 15 is 0 Å². The first kappa shape index (κ1) is 19.1. The van der Waals surface area contributed by atoms with Crippen molar-refractivity contribution in [3.63, 3.8) is 0 Å². The van der Waals surface area contributed by atoms with Crippen LogP contribution in [0.4, 0.5) is 4.39 Å². The Bertz CT molecular complexity index is 551. The molecule has 1 aliphatic heterocycles. The Labute approximate surface area is 147 Å². The second-order valence-electron chi connectivity index (χ2n) is 6.31. The summed E-state index contributed by atoms with van der Waals surface area (Å²) in [6, 6.07) is 4.07. The molecule has 1 saturated heterocycles. The molecular formula is C17H25ClFN3O2. The third kappa shape index (κ3) is 5.14. The van der Waals surface area contributed by atoms with E-state index in [1.54, 1.807) is 19.1 Å². The van der Waals surface area contributed by atoms with Crippen LogP contribution in [-0.2, 0) is 9.53 Å². The average molecular weight is 358 g/mol. The number of nitrogens with one attached hydrogen (secondary N) is 1. The molecule has 1 aromatic rings. The first-order chi connectivity index (χ1) is 11.4. The standard InChI is InChI=1S/C17H25ClFN3O2/c1-11(20)8-16(23)21-9-15(22-6-7-24-12(2)10-22)17-13(18)4-3-5-14(17)19/h3-5,11-12,15H,6-10,20H2,1-2H3,(H,21,23). The Morgan fingerprint density at radius 1 is 1.58 bits per heavy atom. The van der Waals surface area contributed by atoms with Crippen molar-refractivity contribution in [2.45, 2.75) is 38.5 Å². The molecule has 0 saturated carbocycles. The summed E-state index contributed by atoms with van der Waals surface area (Å²) in [6.07, 6.45) is 0.281. The molecule has 5 nitrogen and oxygen atoms in total. The zero-order valence-corrected chi connectivity index (χ0v) is 14.9. The van der Waals surface area contributed by atoms with Gasteiger partial charge in [0.2, 0.25) is 5.91 Å². The molecule has 0 aliphatic carbocycles. The van der Waals surface area contributed by atoms with E-state index in [0.29, 0.717) is 30.3 Å². The number of amides is 1. The Kier molecular flexibility index (Phi) is 6.98. The predicted octanol–water partition coefficient (Wildman–Crippen LogP) is 2.09. The van der Waals surface area contributed by atoms with Gasteiger partial charge in [-0.05, 0) is 26.0 Å². The van der Waals surface area contributed by atoms with Gasteiger partial charge in [0, 0.05) is 42.7 Å². The van der Waals surface area contributed by atoms with Crippen LogP contribution >= 0.6 is 11.6 Å². The number of morpholine rings is 1. The van der Waals surface area contributed by atoms with Crippen molar-refractivity contribution in [2.75, 3.05) is 26.2 Å². The largest absolute Gasteiger partial charge is 0.376 e. The Balaban J connectivity index is 2.19. The van der Waals surface area contributed by atoms with E-state index in [9.17, 15) is 9.18 Å². The fourth-order valence-corrected chi connectivity index (χ4v) is 3.24. The Morgan fingerprint density at radius 2 is 2.33 bits per heavy atom. The smallest absolute Gasteiger partial charge is 0.221 e. The minimum Gasteiger partial charge on any atom is -0.376 e. The van der Waals surface area contributed by atoms with Gasteiger partial charge in [-0.15, -0.1) is 0 Å². The summed E-state index contributed by atoms with van der Waals surface area (Å²) in [5, 5.41) is 3.21. The molecule has 134 valence electrons. The number of hydrogen-bond acceptors (Lipinski definition) is 4. The van der Waals surface area contributed by atoms with Crippen LogP contribution in [0.2, 0.25) is 5.02 Å². The second kappa shape index (κ2) is 8.76. The van der Waals surface area contributed by atoms with Gasteiger partial charge < -0.3 is 15.8 Å². The molecule has 24 heavy (non-hydrogen) atoms. The molecule has 1 aliphatic rings. The summed E-state index contributed by atoms with van der Waals surface area (Å²) >= 11 is 6.25. The summed E-state index contributed by atoms with van der Waals surface area (Å²) in [6.45, 7) is 5.90. The molecule has 1 fully saturated rings. The number of nitrogens with zero attached hydrogens (tertiary/aromatic N) is 1. The van der Waals surface area contributed by atoms with Crippen molar-refractivity contribution >= 4 is 17.5 Å². The molecule has 1 aromatic carbocycles. The van der Waals surface area contributed by atoms with Crippen LogP contribution in [-0.4, -0.2) is 49.2 Å². The van der Waals surface area contributed by atoms with Crippen molar-refractivity contribution < 1.29 is 13.9 Å². The van der Waals surface area contributed by atoms with Crippen LogP contribution in [0.3, 0.4) is 0 Å². The van der Waals surface area contributed by atoms with Gasteiger partial charge >= 0.3 is 0 Å². The second-order valence-corrected chi connectivity index (χ2v) is 6.72. The molecule has 2 rings (SSSR count). The van der Waals surface area contributed by atoms with Gasteiger partial charge in [-0.3, -0.25) is 9.69 Å². The minimum atomic E-state index is -0.368. The maximum absolute atomic E-state index is 14.4. The van der Waals surface area contributed by atoms with Gasteiger partial charge in [0.1, 0.15) is 5.82 Å². The highest BCUT2D eigenvalue weighted by atomic mass is 35.5. The average Bonchev–Trinajstić information content (AvgIpc) is 2.49. The van der Waals surface area contributed by atoms with Gasteiger partial charge in [-0.1, -0.05) is 17.7 Å². The maximum Gasteiger partial charge on any atom is 0.221 e. The molecule has 1 amide bonds. The van der Waals surface area contributed by atoms with E-state index in [4.69, 9.17) is 22.1 Å². The molecule has 3 atom stereocenters. The fraction of sp³-hybridized carbons (Fsp3) is 0.588. The molecule has 7 heteroatoms. The summed E-state index contributed by atoms with van der Waals surface area (Å²) in [7, 11) is 0. The molecule has 0 spiro atoms. The van der Waals surface area contributed by atoms with E-state index in [2.05, 4.69) is 10.2 Å². The Morgan fingerprint density at radius 3 is 2.96 bits per heavy atom. The fourth-order valence-electron chi connectivity index (χ4n) is 2.95.